The summed E-state index contributed by atoms with van der Waals surface area (Å²) in [6.45, 7) is 4.01. The number of aromatic nitrogens is 3. The fraction of sp³-hybridized carbons (Fsp3) is 0.300. The zero-order chi connectivity index (χ0) is 10.8. The highest BCUT2D eigenvalue weighted by Crippen LogP contribution is 2.07. The lowest BCUT2D eigenvalue weighted by Crippen LogP contribution is -2.05. The molecule has 0 saturated heterocycles. The monoisotopic (exact) mass is 205 g/mol. The van der Waals surface area contributed by atoms with Crippen LogP contribution >= 0.6 is 0 Å². The van der Waals surface area contributed by atoms with Crippen LogP contribution in [0, 0.1) is 6.92 Å². The van der Waals surface area contributed by atoms with E-state index in [1.54, 1.807) is 23.7 Å². The van der Waals surface area contributed by atoms with Gasteiger partial charge in [-0.05, 0) is 19.9 Å². The number of rotatable bonds is 2. The summed E-state index contributed by atoms with van der Waals surface area (Å²) in [5.74, 6) is -0.414. The first-order chi connectivity index (χ1) is 7.22. The van der Waals surface area contributed by atoms with Gasteiger partial charge >= 0.3 is 5.97 Å². The number of hydrogen-bond acceptors (Lipinski definition) is 4. The predicted octanol–water partition coefficient (Wildman–Crippen LogP) is 1.21. The van der Waals surface area contributed by atoms with E-state index < -0.39 is 5.97 Å². The lowest BCUT2D eigenvalue weighted by atomic mass is 10.4. The van der Waals surface area contributed by atoms with Crippen molar-refractivity contribution in [3.63, 3.8) is 0 Å². The van der Waals surface area contributed by atoms with Gasteiger partial charge < -0.3 is 4.74 Å². The third-order valence-electron chi connectivity index (χ3n) is 2.03. The van der Waals surface area contributed by atoms with Crippen LogP contribution in [0.3, 0.4) is 0 Å². The van der Waals surface area contributed by atoms with E-state index in [2.05, 4.69) is 10.1 Å². The fourth-order valence-electron chi connectivity index (χ4n) is 1.32. The Morgan fingerprint density at radius 3 is 3.07 bits per heavy atom. The quantitative estimate of drug-likeness (QED) is 0.691. The summed E-state index contributed by atoms with van der Waals surface area (Å²) < 4.78 is 6.47. The zero-order valence-corrected chi connectivity index (χ0v) is 8.60. The minimum atomic E-state index is -0.414. The molecule has 2 heterocycles. The lowest BCUT2D eigenvalue weighted by molar-refractivity contribution is 0.0519. The third kappa shape index (κ3) is 1.68. The topological polar surface area (TPSA) is 56.5 Å². The van der Waals surface area contributed by atoms with E-state index >= 15 is 0 Å². The highest BCUT2D eigenvalue weighted by Gasteiger charge is 2.12. The molecule has 2 aromatic heterocycles. The average molecular weight is 205 g/mol. The molecule has 0 aliphatic heterocycles. The molecule has 78 valence electrons. The standard InChI is InChI=1S/C10H11N3O2/c1-3-15-10(14)8-6-9-11-5-4-7(2)13(9)12-8/h4-6H,3H2,1-2H3. The Morgan fingerprint density at radius 2 is 2.40 bits per heavy atom. The molecule has 0 aliphatic carbocycles. The number of carbonyl (C=O) groups excluding carboxylic acids is 1. The normalized spacial score (nSPS) is 10.5. The molecule has 0 N–H and O–H groups in total. The van der Waals surface area contributed by atoms with Gasteiger partial charge in [0.05, 0.1) is 6.61 Å². The predicted molar refractivity (Wildman–Crippen MR) is 53.7 cm³/mol. The van der Waals surface area contributed by atoms with Crippen LogP contribution in [0.1, 0.15) is 23.1 Å². The SMILES string of the molecule is CCOC(=O)c1cc2nccc(C)n2n1. The smallest absolute Gasteiger partial charge is 0.358 e. The second-order valence-corrected chi connectivity index (χ2v) is 3.11. The Bertz CT molecular complexity index is 504. The van der Waals surface area contributed by atoms with Crippen molar-refractivity contribution in [3.05, 3.63) is 29.7 Å². The highest BCUT2D eigenvalue weighted by molar-refractivity contribution is 5.88. The molecule has 0 amide bonds. The van der Waals surface area contributed by atoms with Gasteiger partial charge in [-0.15, -0.1) is 0 Å². The van der Waals surface area contributed by atoms with Crippen LogP contribution in [-0.4, -0.2) is 27.2 Å². The van der Waals surface area contributed by atoms with Gasteiger partial charge in [0.15, 0.2) is 11.3 Å². The van der Waals surface area contributed by atoms with E-state index in [9.17, 15) is 4.79 Å². The molecule has 15 heavy (non-hydrogen) atoms. The van der Waals surface area contributed by atoms with Crippen molar-refractivity contribution in [1.82, 2.24) is 14.6 Å². The fourth-order valence-corrected chi connectivity index (χ4v) is 1.32. The van der Waals surface area contributed by atoms with E-state index in [-0.39, 0.29) is 0 Å². The van der Waals surface area contributed by atoms with Gasteiger partial charge in [0.2, 0.25) is 0 Å². The molecule has 0 aromatic carbocycles. The van der Waals surface area contributed by atoms with Gasteiger partial charge in [-0.2, -0.15) is 5.10 Å². The Balaban J connectivity index is 2.47. The molecule has 0 spiro atoms. The molecule has 5 heteroatoms. The Morgan fingerprint density at radius 1 is 1.60 bits per heavy atom. The molecule has 0 atom stereocenters. The maximum absolute atomic E-state index is 11.4. The average Bonchev–Trinajstić information content (AvgIpc) is 2.63. The van der Waals surface area contributed by atoms with E-state index in [1.807, 2.05) is 13.0 Å². The number of carbonyl (C=O) groups is 1. The molecule has 0 unspecified atom stereocenters. The molecular formula is C10H11N3O2. The first-order valence-corrected chi connectivity index (χ1v) is 4.71. The molecule has 0 radical (unpaired) electrons. The number of fused-ring (bicyclic) bond motifs is 1. The summed E-state index contributed by atoms with van der Waals surface area (Å²) in [4.78, 5) is 15.5. The van der Waals surface area contributed by atoms with Gasteiger partial charge in [-0.1, -0.05) is 0 Å². The number of esters is 1. The van der Waals surface area contributed by atoms with Crippen LogP contribution in [0.15, 0.2) is 18.3 Å². The van der Waals surface area contributed by atoms with Crippen molar-refractivity contribution in [1.29, 1.82) is 0 Å². The number of nitrogens with zero attached hydrogens (tertiary/aromatic N) is 3. The lowest BCUT2D eigenvalue weighted by Gasteiger charge is -1.96. The van der Waals surface area contributed by atoms with Crippen LogP contribution in [0.2, 0.25) is 0 Å². The summed E-state index contributed by atoms with van der Waals surface area (Å²) in [5, 5.41) is 4.11. The Kier molecular flexibility index (Phi) is 2.37. The van der Waals surface area contributed by atoms with E-state index in [4.69, 9.17) is 4.74 Å². The molecule has 0 fully saturated rings. The molecule has 5 nitrogen and oxygen atoms in total. The molecule has 0 bridgehead atoms. The van der Waals surface area contributed by atoms with Gasteiger partial charge in [-0.3, -0.25) is 0 Å². The Hall–Kier alpha value is -1.91. The van der Waals surface area contributed by atoms with Crippen molar-refractivity contribution in [2.24, 2.45) is 0 Å². The minimum Gasteiger partial charge on any atom is -0.461 e. The molecule has 2 aromatic rings. The number of aryl methyl sites for hydroxylation is 1. The van der Waals surface area contributed by atoms with Crippen molar-refractivity contribution < 1.29 is 9.53 Å². The highest BCUT2D eigenvalue weighted by atomic mass is 16.5. The minimum absolute atomic E-state index is 0.290. The van der Waals surface area contributed by atoms with Crippen molar-refractivity contribution >= 4 is 11.6 Å². The molecule has 0 saturated carbocycles. The van der Waals surface area contributed by atoms with Crippen LogP contribution in [-0.2, 0) is 4.74 Å². The summed E-state index contributed by atoms with van der Waals surface area (Å²) in [7, 11) is 0. The summed E-state index contributed by atoms with van der Waals surface area (Å²) in [5.41, 5.74) is 1.87. The van der Waals surface area contributed by atoms with Crippen molar-refractivity contribution in [3.8, 4) is 0 Å². The van der Waals surface area contributed by atoms with Crippen LogP contribution < -0.4 is 0 Å². The first-order valence-electron chi connectivity index (χ1n) is 4.71. The third-order valence-corrected chi connectivity index (χ3v) is 2.03. The van der Waals surface area contributed by atoms with Crippen LogP contribution in [0.4, 0.5) is 0 Å². The summed E-state index contributed by atoms with van der Waals surface area (Å²) in [6, 6.07) is 3.44. The molecular weight excluding hydrogens is 194 g/mol. The van der Waals surface area contributed by atoms with Crippen molar-refractivity contribution in [2.45, 2.75) is 13.8 Å². The van der Waals surface area contributed by atoms with Crippen LogP contribution in [0.25, 0.3) is 5.65 Å². The molecule has 2 rings (SSSR count). The molecule has 0 aliphatic rings. The summed E-state index contributed by atoms with van der Waals surface area (Å²) >= 11 is 0. The maximum Gasteiger partial charge on any atom is 0.358 e. The van der Waals surface area contributed by atoms with Gasteiger partial charge in [-0.25, -0.2) is 14.3 Å². The second kappa shape index (κ2) is 3.68. The first kappa shape index (κ1) is 9.64. The van der Waals surface area contributed by atoms with E-state index in [0.717, 1.165) is 5.69 Å². The zero-order valence-electron chi connectivity index (χ0n) is 8.60. The van der Waals surface area contributed by atoms with Gasteiger partial charge in [0, 0.05) is 18.0 Å². The second-order valence-electron chi connectivity index (χ2n) is 3.11. The van der Waals surface area contributed by atoms with Gasteiger partial charge in [0.25, 0.3) is 0 Å². The van der Waals surface area contributed by atoms with Crippen molar-refractivity contribution in [2.75, 3.05) is 6.61 Å². The van der Waals surface area contributed by atoms with Gasteiger partial charge in [0.1, 0.15) is 0 Å². The maximum atomic E-state index is 11.4. The van der Waals surface area contributed by atoms with E-state index in [0.29, 0.717) is 17.9 Å². The Labute approximate surface area is 86.7 Å². The van der Waals surface area contributed by atoms with Crippen LogP contribution in [0.5, 0.6) is 0 Å². The summed E-state index contributed by atoms with van der Waals surface area (Å²) in [6.07, 6.45) is 1.68. The number of ether oxygens (including phenoxy) is 1. The largest absolute Gasteiger partial charge is 0.461 e. The number of hydrogen-bond donors (Lipinski definition) is 0. The van der Waals surface area contributed by atoms with E-state index in [1.165, 1.54) is 0 Å².